The largest absolute Gasteiger partial charge is 0.337 e. The van der Waals surface area contributed by atoms with Gasteiger partial charge in [0.25, 0.3) is 0 Å². The lowest BCUT2D eigenvalue weighted by atomic mass is 10.1. The fourth-order valence-electron chi connectivity index (χ4n) is 3.31. The number of hydrogen-bond donors (Lipinski definition) is 0. The molecule has 0 bridgehead atoms. The molecule has 126 valence electrons. The minimum absolute atomic E-state index is 0.209. The molecule has 5 heteroatoms. The minimum atomic E-state index is -0.215. The molecule has 0 N–H and O–H groups in total. The van der Waals surface area contributed by atoms with Gasteiger partial charge in [-0.05, 0) is 54.0 Å². The van der Waals surface area contributed by atoms with Gasteiger partial charge < -0.3 is 4.90 Å². The Morgan fingerprint density at radius 1 is 1.25 bits per heavy atom. The van der Waals surface area contributed by atoms with E-state index in [1.54, 1.807) is 11.3 Å². The number of benzene rings is 1. The molecule has 2 heterocycles. The number of fused-ring (bicyclic) bond motifs is 1. The lowest BCUT2D eigenvalue weighted by molar-refractivity contribution is -0.133. The minimum Gasteiger partial charge on any atom is -0.337 e. The molecule has 0 spiro atoms. The number of carbonyl (C=O) groups excluding carboxylic acids is 1. The van der Waals surface area contributed by atoms with Crippen LogP contribution in [0.25, 0.3) is 0 Å². The van der Waals surface area contributed by atoms with Crippen LogP contribution < -0.4 is 0 Å². The summed E-state index contributed by atoms with van der Waals surface area (Å²) < 4.78 is 13.1. The SMILES string of the molecule is O=C(CN(Cc1ccc(F)cc1)C1CC1)N1CCc2sccc2C1. The Labute approximate surface area is 145 Å². The van der Waals surface area contributed by atoms with Crippen molar-refractivity contribution >= 4 is 17.2 Å². The lowest BCUT2D eigenvalue weighted by Gasteiger charge is -2.30. The highest BCUT2D eigenvalue weighted by molar-refractivity contribution is 7.10. The van der Waals surface area contributed by atoms with E-state index < -0.39 is 0 Å². The van der Waals surface area contributed by atoms with Gasteiger partial charge in [0.2, 0.25) is 5.91 Å². The number of nitrogens with zero attached hydrogens (tertiary/aromatic N) is 2. The zero-order valence-electron chi connectivity index (χ0n) is 13.6. The average molecular weight is 344 g/mol. The third-order valence-corrected chi connectivity index (χ3v) is 5.88. The second kappa shape index (κ2) is 6.65. The maximum absolute atomic E-state index is 13.1. The van der Waals surface area contributed by atoms with E-state index in [0.717, 1.165) is 37.9 Å². The topological polar surface area (TPSA) is 23.6 Å². The molecule has 2 aliphatic rings. The quantitative estimate of drug-likeness (QED) is 0.830. The van der Waals surface area contributed by atoms with Crippen molar-refractivity contribution in [1.82, 2.24) is 9.80 Å². The Hall–Kier alpha value is -1.72. The van der Waals surface area contributed by atoms with E-state index in [4.69, 9.17) is 0 Å². The van der Waals surface area contributed by atoms with Crippen molar-refractivity contribution in [2.75, 3.05) is 13.1 Å². The van der Waals surface area contributed by atoms with Gasteiger partial charge in [0.05, 0.1) is 6.54 Å². The average Bonchev–Trinajstić information content (AvgIpc) is 3.33. The fourth-order valence-corrected chi connectivity index (χ4v) is 4.20. The van der Waals surface area contributed by atoms with E-state index in [1.165, 1.54) is 22.6 Å². The van der Waals surface area contributed by atoms with Gasteiger partial charge in [0.15, 0.2) is 0 Å². The molecule has 0 saturated heterocycles. The number of hydrogen-bond acceptors (Lipinski definition) is 3. The van der Waals surface area contributed by atoms with Crippen molar-refractivity contribution in [3.8, 4) is 0 Å². The van der Waals surface area contributed by atoms with E-state index >= 15 is 0 Å². The molecule has 0 radical (unpaired) electrons. The smallest absolute Gasteiger partial charge is 0.237 e. The normalized spacial score (nSPS) is 17.2. The van der Waals surface area contributed by atoms with Crippen LogP contribution in [0.3, 0.4) is 0 Å². The molecule has 1 amide bonds. The predicted octanol–water partition coefficient (Wildman–Crippen LogP) is 3.44. The molecule has 1 aliphatic carbocycles. The van der Waals surface area contributed by atoms with Crippen LogP contribution in [0, 0.1) is 5.82 Å². The molecule has 4 rings (SSSR count). The van der Waals surface area contributed by atoms with Gasteiger partial charge in [-0.1, -0.05) is 12.1 Å². The van der Waals surface area contributed by atoms with Crippen LogP contribution in [0.4, 0.5) is 4.39 Å². The first-order valence-corrected chi connectivity index (χ1v) is 9.38. The summed E-state index contributed by atoms with van der Waals surface area (Å²) in [6.45, 7) is 2.74. The van der Waals surface area contributed by atoms with E-state index in [9.17, 15) is 9.18 Å². The molecule has 2 aromatic rings. The summed E-state index contributed by atoms with van der Waals surface area (Å²) >= 11 is 1.79. The van der Waals surface area contributed by atoms with Crippen LogP contribution in [0.1, 0.15) is 28.8 Å². The van der Waals surface area contributed by atoms with Crippen LogP contribution in [0.15, 0.2) is 35.7 Å². The summed E-state index contributed by atoms with van der Waals surface area (Å²) in [6.07, 6.45) is 3.28. The lowest BCUT2D eigenvalue weighted by Crippen LogP contribution is -2.42. The zero-order valence-corrected chi connectivity index (χ0v) is 14.4. The van der Waals surface area contributed by atoms with Gasteiger partial charge in [-0.2, -0.15) is 0 Å². The van der Waals surface area contributed by atoms with E-state index in [0.29, 0.717) is 19.1 Å². The maximum Gasteiger partial charge on any atom is 0.237 e. The Morgan fingerprint density at radius 3 is 2.79 bits per heavy atom. The zero-order chi connectivity index (χ0) is 16.5. The standard InChI is InChI=1S/C19H21FN2OS/c20-16-3-1-14(2-4-16)11-22(17-5-6-17)13-19(23)21-9-7-18-15(12-21)8-10-24-18/h1-4,8,10,17H,5-7,9,11-13H2. The highest BCUT2D eigenvalue weighted by Gasteiger charge is 2.32. The molecule has 1 aromatic heterocycles. The number of carbonyl (C=O) groups is 1. The molecule has 3 nitrogen and oxygen atoms in total. The number of halogens is 1. The Bertz CT molecular complexity index is 723. The summed E-state index contributed by atoms with van der Waals surface area (Å²) in [7, 11) is 0. The Morgan fingerprint density at radius 2 is 2.04 bits per heavy atom. The van der Waals surface area contributed by atoms with Crippen LogP contribution in [-0.4, -0.2) is 34.8 Å². The molecule has 0 unspecified atom stereocenters. The van der Waals surface area contributed by atoms with E-state index in [-0.39, 0.29) is 11.7 Å². The Kier molecular flexibility index (Phi) is 4.37. The second-order valence-corrected chi connectivity index (χ2v) is 7.70. The first kappa shape index (κ1) is 15.8. The van der Waals surface area contributed by atoms with Gasteiger partial charge in [-0.3, -0.25) is 9.69 Å². The van der Waals surface area contributed by atoms with Crippen molar-refractivity contribution in [3.63, 3.8) is 0 Å². The highest BCUT2D eigenvalue weighted by atomic mass is 32.1. The molecule has 1 saturated carbocycles. The molecule has 0 atom stereocenters. The molecule has 1 aromatic carbocycles. The summed E-state index contributed by atoms with van der Waals surface area (Å²) in [4.78, 5) is 18.4. The van der Waals surface area contributed by atoms with Crippen molar-refractivity contribution in [1.29, 1.82) is 0 Å². The van der Waals surface area contributed by atoms with Crippen molar-refractivity contribution in [2.45, 2.75) is 38.4 Å². The van der Waals surface area contributed by atoms with E-state index in [2.05, 4.69) is 16.3 Å². The number of thiophene rings is 1. The first-order chi connectivity index (χ1) is 11.7. The molecule has 24 heavy (non-hydrogen) atoms. The molecule has 1 aliphatic heterocycles. The maximum atomic E-state index is 13.1. The van der Waals surface area contributed by atoms with Crippen LogP contribution >= 0.6 is 11.3 Å². The number of amides is 1. The summed E-state index contributed by atoms with van der Waals surface area (Å²) in [6, 6.07) is 9.24. The summed E-state index contributed by atoms with van der Waals surface area (Å²) in [5, 5.41) is 2.11. The number of rotatable bonds is 5. The van der Waals surface area contributed by atoms with Crippen molar-refractivity contribution in [2.24, 2.45) is 0 Å². The van der Waals surface area contributed by atoms with Gasteiger partial charge in [0, 0.05) is 30.6 Å². The van der Waals surface area contributed by atoms with Gasteiger partial charge in [-0.15, -0.1) is 11.3 Å². The van der Waals surface area contributed by atoms with Gasteiger partial charge in [0.1, 0.15) is 5.82 Å². The molecular formula is C19H21FN2OS. The van der Waals surface area contributed by atoms with Crippen LogP contribution in [0.2, 0.25) is 0 Å². The van der Waals surface area contributed by atoms with E-state index in [1.807, 2.05) is 17.0 Å². The third-order valence-electron chi connectivity index (χ3n) is 4.86. The predicted molar refractivity (Wildman–Crippen MR) is 93.3 cm³/mol. The van der Waals surface area contributed by atoms with Crippen molar-refractivity contribution < 1.29 is 9.18 Å². The van der Waals surface area contributed by atoms with Gasteiger partial charge >= 0.3 is 0 Å². The van der Waals surface area contributed by atoms with Crippen molar-refractivity contribution in [3.05, 3.63) is 57.5 Å². The Balaban J connectivity index is 1.40. The third kappa shape index (κ3) is 3.52. The first-order valence-electron chi connectivity index (χ1n) is 8.50. The fraction of sp³-hybridized carbons (Fsp3) is 0.421. The monoisotopic (exact) mass is 344 g/mol. The second-order valence-electron chi connectivity index (χ2n) is 6.70. The van der Waals surface area contributed by atoms with Crippen LogP contribution in [-0.2, 0) is 24.3 Å². The summed E-state index contributed by atoms with van der Waals surface area (Å²) in [5.74, 6) is -0.00598. The molecule has 1 fully saturated rings. The summed E-state index contributed by atoms with van der Waals surface area (Å²) in [5.41, 5.74) is 2.37. The molecular weight excluding hydrogens is 323 g/mol. The van der Waals surface area contributed by atoms with Crippen LogP contribution in [0.5, 0.6) is 0 Å². The highest BCUT2D eigenvalue weighted by Crippen LogP contribution is 2.29. The van der Waals surface area contributed by atoms with Gasteiger partial charge in [-0.25, -0.2) is 4.39 Å².